The summed E-state index contributed by atoms with van der Waals surface area (Å²) in [6.07, 6.45) is 0.0788. The number of benzene rings is 2. The number of hydrogen-bond donors (Lipinski definition) is 2. The molecule has 0 aliphatic heterocycles. The molecule has 0 saturated heterocycles. The van der Waals surface area contributed by atoms with Crippen molar-refractivity contribution in [3.8, 4) is 23.0 Å². The smallest absolute Gasteiger partial charge is 0.407 e. The first-order valence-electron chi connectivity index (χ1n) is 9.94. The maximum absolute atomic E-state index is 12.1. The maximum Gasteiger partial charge on any atom is 0.407 e. The number of hydrogen-bond acceptors (Lipinski definition) is 4. The Bertz CT molecular complexity index is 1100. The van der Waals surface area contributed by atoms with Crippen molar-refractivity contribution < 1.29 is 9.53 Å². The van der Waals surface area contributed by atoms with Gasteiger partial charge in [0, 0.05) is 18.9 Å². The number of carbonyl (C=O) groups excluding carboxylic acids is 1. The molecule has 3 N–H and O–H groups in total. The zero-order chi connectivity index (χ0) is 20.9. The second-order valence-corrected chi connectivity index (χ2v) is 7.18. The molecule has 0 radical (unpaired) electrons. The van der Waals surface area contributed by atoms with E-state index in [4.69, 9.17) is 10.5 Å². The molecule has 5 heteroatoms. The molecule has 30 heavy (non-hydrogen) atoms. The number of carbonyl (C=O) groups is 1. The Morgan fingerprint density at radius 2 is 1.73 bits per heavy atom. The van der Waals surface area contributed by atoms with Gasteiger partial charge in [0.05, 0.1) is 11.4 Å². The number of aryl methyl sites for hydroxylation is 1. The fourth-order valence-electron chi connectivity index (χ4n) is 3.67. The summed E-state index contributed by atoms with van der Waals surface area (Å²) in [7, 11) is 0. The van der Waals surface area contributed by atoms with Crippen molar-refractivity contribution in [1.82, 2.24) is 10.3 Å². The summed E-state index contributed by atoms with van der Waals surface area (Å²) in [5.74, 6) is 6.04. The van der Waals surface area contributed by atoms with Crippen LogP contribution in [0.1, 0.15) is 34.9 Å². The van der Waals surface area contributed by atoms with Crippen molar-refractivity contribution in [3.05, 3.63) is 83.2 Å². The van der Waals surface area contributed by atoms with E-state index in [1.807, 2.05) is 31.2 Å². The van der Waals surface area contributed by atoms with Gasteiger partial charge in [-0.15, -0.1) is 0 Å². The van der Waals surface area contributed by atoms with E-state index in [9.17, 15) is 4.79 Å². The van der Waals surface area contributed by atoms with Crippen LogP contribution in [0.5, 0.6) is 0 Å². The molecule has 0 atom stereocenters. The van der Waals surface area contributed by atoms with E-state index >= 15 is 0 Å². The number of fused-ring (bicyclic) bond motifs is 3. The first kappa shape index (κ1) is 19.5. The highest BCUT2D eigenvalue weighted by atomic mass is 16.5. The zero-order valence-corrected chi connectivity index (χ0v) is 16.8. The standard InChI is InChI=1S/C25H23N3O2/c1-17-24(26)14-13-18(28-17)8-6-7-15-27-25(29)30-16-23-21-11-4-2-9-19(21)20-10-3-5-12-22(20)23/h2-5,9-14,23H,7,15-16,26H2,1H3,(H,27,29). The minimum atomic E-state index is -0.430. The van der Waals surface area contributed by atoms with Gasteiger partial charge in [0.25, 0.3) is 0 Å². The van der Waals surface area contributed by atoms with Crippen LogP contribution in [0.3, 0.4) is 0 Å². The number of nitrogens with zero attached hydrogens (tertiary/aromatic N) is 1. The number of alkyl carbamates (subject to hydrolysis) is 1. The van der Waals surface area contributed by atoms with Crippen molar-refractivity contribution in [2.45, 2.75) is 19.3 Å². The van der Waals surface area contributed by atoms with Gasteiger partial charge in [-0.05, 0) is 47.2 Å². The van der Waals surface area contributed by atoms with Crippen LogP contribution in [0, 0.1) is 18.8 Å². The molecule has 4 rings (SSSR count). The van der Waals surface area contributed by atoms with Crippen LogP contribution in [0.2, 0.25) is 0 Å². The first-order valence-corrected chi connectivity index (χ1v) is 9.94. The van der Waals surface area contributed by atoms with E-state index < -0.39 is 6.09 Å². The van der Waals surface area contributed by atoms with Crippen LogP contribution in [-0.2, 0) is 4.74 Å². The summed E-state index contributed by atoms with van der Waals surface area (Å²) in [4.78, 5) is 16.4. The Kier molecular flexibility index (Phi) is 5.67. The van der Waals surface area contributed by atoms with Crippen molar-refractivity contribution in [3.63, 3.8) is 0 Å². The number of nitrogen functional groups attached to an aromatic ring is 1. The summed E-state index contributed by atoms with van der Waals surface area (Å²) >= 11 is 0. The highest BCUT2D eigenvalue weighted by Gasteiger charge is 2.28. The van der Waals surface area contributed by atoms with E-state index in [2.05, 4.69) is 46.4 Å². The zero-order valence-electron chi connectivity index (χ0n) is 16.8. The van der Waals surface area contributed by atoms with Gasteiger partial charge >= 0.3 is 6.09 Å². The fraction of sp³-hybridized carbons (Fsp3) is 0.200. The van der Waals surface area contributed by atoms with Crippen molar-refractivity contribution in [2.75, 3.05) is 18.9 Å². The summed E-state index contributed by atoms with van der Waals surface area (Å²) in [5, 5.41) is 2.76. The van der Waals surface area contributed by atoms with Gasteiger partial charge in [-0.3, -0.25) is 0 Å². The monoisotopic (exact) mass is 397 g/mol. The molecular weight excluding hydrogens is 374 g/mol. The molecule has 0 bridgehead atoms. The number of aromatic nitrogens is 1. The van der Waals surface area contributed by atoms with E-state index in [1.54, 1.807) is 12.1 Å². The SMILES string of the molecule is Cc1nc(C#CCCNC(=O)OCC2c3ccccc3-c3ccccc32)ccc1N. The molecule has 1 heterocycles. The molecule has 0 spiro atoms. The van der Waals surface area contributed by atoms with Crippen LogP contribution < -0.4 is 11.1 Å². The second kappa shape index (κ2) is 8.71. The number of ether oxygens (including phenoxy) is 1. The van der Waals surface area contributed by atoms with Crippen molar-refractivity contribution >= 4 is 11.8 Å². The molecule has 1 amide bonds. The summed E-state index contributed by atoms with van der Waals surface area (Å²) in [6, 6.07) is 20.1. The van der Waals surface area contributed by atoms with Crippen molar-refractivity contribution in [1.29, 1.82) is 0 Å². The van der Waals surface area contributed by atoms with Gasteiger partial charge in [0.15, 0.2) is 0 Å². The number of nitrogens with one attached hydrogen (secondary N) is 1. The summed E-state index contributed by atoms with van der Waals surface area (Å²) in [6.45, 7) is 2.57. The summed E-state index contributed by atoms with van der Waals surface area (Å²) in [5.41, 5.74) is 12.7. The molecule has 1 aliphatic rings. The molecule has 5 nitrogen and oxygen atoms in total. The number of amides is 1. The van der Waals surface area contributed by atoms with Crippen molar-refractivity contribution in [2.24, 2.45) is 0 Å². The molecule has 0 unspecified atom stereocenters. The first-order chi connectivity index (χ1) is 14.6. The lowest BCUT2D eigenvalue weighted by Crippen LogP contribution is -2.26. The second-order valence-electron chi connectivity index (χ2n) is 7.18. The van der Waals surface area contributed by atoms with E-state index in [0.717, 1.165) is 5.69 Å². The maximum atomic E-state index is 12.1. The van der Waals surface area contributed by atoms with Gasteiger partial charge in [-0.1, -0.05) is 54.5 Å². The number of rotatable bonds is 4. The van der Waals surface area contributed by atoms with Gasteiger partial charge in [-0.25, -0.2) is 9.78 Å². The van der Waals surface area contributed by atoms with Crippen LogP contribution in [0.15, 0.2) is 60.7 Å². The molecule has 3 aromatic rings. The van der Waals surface area contributed by atoms with E-state index in [0.29, 0.717) is 31.0 Å². The minimum absolute atomic E-state index is 0.0581. The van der Waals surface area contributed by atoms with Gasteiger partial charge in [0.2, 0.25) is 0 Å². The number of nitrogens with two attached hydrogens (primary N) is 1. The lowest BCUT2D eigenvalue weighted by molar-refractivity contribution is 0.143. The van der Waals surface area contributed by atoms with Gasteiger partial charge in [0.1, 0.15) is 12.3 Å². The number of anilines is 1. The van der Waals surface area contributed by atoms with Gasteiger partial charge in [-0.2, -0.15) is 0 Å². The molecule has 150 valence electrons. The Balaban J connectivity index is 1.29. The van der Waals surface area contributed by atoms with Crippen LogP contribution in [-0.4, -0.2) is 24.2 Å². The Morgan fingerprint density at radius 1 is 1.07 bits per heavy atom. The Morgan fingerprint density at radius 3 is 2.40 bits per heavy atom. The summed E-state index contributed by atoms with van der Waals surface area (Å²) < 4.78 is 5.51. The normalized spacial score (nSPS) is 11.8. The predicted molar refractivity (Wildman–Crippen MR) is 118 cm³/mol. The average Bonchev–Trinajstić information content (AvgIpc) is 3.08. The molecule has 0 saturated carbocycles. The lowest BCUT2D eigenvalue weighted by Gasteiger charge is -2.14. The molecule has 0 fully saturated rings. The largest absolute Gasteiger partial charge is 0.449 e. The van der Waals surface area contributed by atoms with Crippen LogP contribution in [0.25, 0.3) is 11.1 Å². The van der Waals surface area contributed by atoms with Gasteiger partial charge < -0.3 is 15.8 Å². The van der Waals surface area contributed by atoms with Crippen LogP contribution >= 0.6 is 0 Å². The van der Waals surface area contributed by atoms with E-state index in [-0.39, 0.29) is 5.92 Å². The molecule has 1 aromatic heterocycles. The van der Waals surface area contributed by atoms with E-state index in [1.165, 1.54) is 22.3 Å². The molecule has 1 aliphatic carbocycles. The average molecular weight is 397 g/mol. The quantitative estimate of drug-likeness (QED) is 0.510. The highest BCUT2D eigenvalue weighted by molar-refractivity contribution is 5.79. The lowest BCUT2D eigenvalue weighted by atomic mass is 9.98. The van der Waals surface area contributed by atoms with Crippen LogP contribution in [0.4, 0.5) is 10.5 Å². The highest BCUT2D eigenvalue weighted by Crippen LogP contribution is 2.44. The third-order valence-corrected chi connectivity index (χ3v) is 5.21. The third kappa shape index (κ3) is 4.13. The fourth-order valence-corrected chi connectivity index (χ4v) is 3.67. The molecular formula is C25H23N3O2. The predicted octanol–water partition coefficient (Wildman–Crippen LogP) is 4.25. The third-order valence-electron chi connectivity index (χ3n) is 5.21. The minimum Gasteiger partial charge on any atom is -0.449 e. The Labute approximate surface area is 176 Å². The molecule has 2 aromatic carbocycles. The Hall–Kier alpha value is -3.78. The number of pyridine rings is 1. The topological polar surface area (TPSA) is 77.2 Å².